The highest BCUT2D eigenvalue weighted by molar-refractivity contribution is 9.10. The number of nitrogens with zero attached hydrogens (tertiary/aromatic N) is 1. The fourth-order valence-electron chi connectivity index (χ4n) is 1.92. The van der Waals surface area contributed by atoms with Crippen molar-refractivity contribution in [2.24, 2.45) is 0 Å². The summed E-state index contributed by atoms with van der Waals surface area (Å²) in [7, 11) is 0. The molecule has 1 aromatic carbocycles. The molecule has 19 heavy (non-hydrogen) atoms. The highest BCUT2D eigenvalue weighted by Gasteiger charge is 2.17. The molecule has 0 saturated heterocycles. The van der Waals surface area contributed by atoms with Crippen LogP contribution in [-0.2, 0) is 5.41 Å². The average molecular weight is 320 g/mol. The third-order valence-corrected chi connectivity index (χ3v) is 3.81. The van der Waals surface area contributed by atoms with Gasteiger partial charge < -0.3 is 5.11 Å². The first kappa shape index (κ1) is 14.2. The number of hydrogen-bond donors (Lipinski definition) is 1. The van der Waals surface area contributed by atoms with Crippen LogP contribution in [0, 0.1) is 0 Å². The van der Waals surface area contributed by atoms with Gasteiger partial charge in [-0.15, -0.1) is 0 Å². The first-order valence-electron chi connectivity index (χ1n) is 6.28. The zero-order chi connectivity index (χ0) is 14.0. The van der Waals surface area contributed by atoms with Gasteiger partial charge in [-0.3, -0.25) is 4.98 Å². The van der Waals surface area contributed by atoms with Crippen LogP contribution in [0.4, 0.5) is 0 Å². The SMILES string of the molecule is CC(C)(C)c1ccc(C(O)c2ncccc2Br)cc1. The van der Waals surface area contributed by atoms with Crippen molar-refractivity contribution >= 4 is 15.9 Å². The number of pyridine rings is 1. The van der Waals surface area contributed by atoms with Crippen LogP contribution >= 0.6 is 15.9 Å². The van der Waals surface area contributed by atoms with Gasteiger partial charge >= 0.3 is 0 Å². The summed E-state index contributed by atoms with van der Waals surface area (Å²) >= 11 is 3.42. The molecule has 1 N–H and O–H groups in total. The minimum absolute atomic E-state index is 0.120. The Labute approximate surface area is 122 Å². The molecule has 0 saturated carbocycles. The molecule has 2 rings (SSSR count). The van der Waals surface area contributed by atoms with Gasteiger partial charge in [-0.25, -0.2) is 0 Å². The number of hydrogen-bond acceptors (Lipinski definition) is 2. The number of rotatable bonds is 2. The van der Waals surface area contributed by atoms with Gasteiger partial charge in [0.15, 0.2) is 0 Å². The second kappa shape index (κ2) is 5.43. The third kappa shape index (κ3) is 3.23. The van der Waals surface area contributed by atoms with E-state index in [1.54, 1.807) is 6.20 Å². The zero-order valence-electron chi connectivity index (χ0n) is 11.4. The normalized spacial score (nSPS) is 13.3. The predicted octanol–water partition coefficient (Wildman–Crippen LogP) is 4.22. The van der Waals surface area contributed by atoms with Gasteiger partial charge in [0.05, 0.1) is 5.69 Å². The monoisotopic (exact) mass is 319 g/mol. The molecule has 0 bridgehead atoms. The van der Waals surface area contributed by atoms with Gasteiger partial charge in [-0.1, -0.05) is 45.0 Å². The van der Waals surface area contributed by atoms with Gasteiger partial charge in [0.2, 0.25) is 0 Å². The quantitative estimate of drug-likeness (QED) is 0.898. The lowest BCUT2D eigenvalue weighted by Crippen LogP contribution is -2.11. The van der Waals surface area contributed by atoms with E-state index in [0.29, 0.717) is 5.69 Å². The summed E-state index contributed by atoms with van der Waals surface area (Å²) in [6, 6.07) is 11.8. The summed E-state index contributed by atoms with van der Waals surface area (Å²) in [6.07, 6.45) is 0.983. The number of aromatic nitrogens is 1. The van der Waals surface area contributed by atoms with E-state index < -0.39 is 6.10 Å². The molecule has 0 spiro atoms. The topological polar surface area (TPSA) is 33.1 Å². The number of halogens is 1. The van der Waals surface area contributed by atoms with E-state index in [1.165, 1.54) is 5.56 Å². The Morgan fingerprint density at radius 3 is 2.26 bits per heavy atom. The molecule has 100 valence electrons. The van der Waals surface area contributed by atoms with Gasteiger partial charge in [0, 0.05) is 10.7 Å². The molecule has 1 atom stereocenters. The standard InChI is InChI=1S/C16H18BrNO/c1-16(2,3)12-8-6-11(7-9-12)15(19)14-13(17)5-4-10-18-14/h4-10,15,19H,1-3H3. The van der Waals surface area contributed by atoms with Crippen molar-refractivity contribution in [2.75, 3.05) is 0 Å². The second-order valence-electron chi connectivity index (χ2n) is 5.65. The molecule has 2 aromatic rings. The van der Waals surface area contributed by atoms with Crippen molar-refractivity contribution in [2.45, 2.75) is 32.3 Å². The number of benzene rings is 1. The summed E-state index contributed by atoms with van der Waals surface area (Å²) in [6.45, 7) is 6.52. The Morgan fingerprint density at radius 1 is 1.11 bits per heavy atom. The third-order valence-electron chi connectivity index (χ3n) is 3.14. The van der Waals surface area contributed by atoms with Gasteiger partial charge in [-0.05, 0) is 44.6 Å². The number of aliphatic hydroxyl groups is 1. The first-order valence-corrected chi connectivity index (χ1v) is 7.08. The van der Waals surface area contributed by atoms with E-state index in [4.69, 9.17) is 0 Å². The predicted molar refractivity (Wildman–Crippen MR) is 81.1 cm³/mol. The van der Waals surface area contributed by atoms with Crippen LogP contribution in [0.3, 0.4) is 0 Å². The van der Waals surface area contributed by atoms with Crippen molar-refractivity contribution in [3.8, 4) is 0 Å². The summed E-state index contributed by atoms with van der Waals surface area (Å²) in [5, 5.41) is 10.4. The maximum Gasteiger partial charge on any atom is 0.122 e. The lowest BCUT2D eigenvalue weighted by atomic mass is 9.86. The van der Waals surface area contributed by atoms with Crippen molar-refractivity contribution in [1.82, 2.24) is 4.98 Å². The Hall–Kier alpha value is -1.19. The van der Waals surface area contributed by atoms with Crippen LogP contribution in [0.15, 0.2) is 47.1 Å². The van der Waals surface area contributed by atoms with Crippen molar-refractivity contribution < 1.29 is 5.11 Å². The molecule has 1 aromatic heterocycles. The minimum Gasteiger partial charge on any atom is -0.382 e. The molecule has 0 amide bonds. The van der Waals surface area contributed by atoms with E-state index in [-0.39, 0.29) is 5.41 Å². The smallest absolute Gasteiger partial charge is 0.122 e. The summed E-state index contributed by atoms with van der Waals surface area (Å²) in [4.78, 5) is 4.23. The van der Waals surface area contributed by atoms with E-state index in [2.05, 4.69) is 53.8 Å². The zero-order valence-corrected chi connectivity index (χ0v) is 13.0. The fourth-order valence-corrected chi connectivity index (χ4v) is 2.39. The molecule has 0 aliphatic rings. The van der Waals surface area contributed by atoms with Gasteiger partial charge in [-0.2, -0.15) is 0 Å². The Morgan fingerprint density at radius 2 is 1.74 bits per heavy atom. The maximum absolute atomic E-state index is 10.4. The van der Waals surface area contributed by atoms with E-state index in [0.717, 1.165) is 10.0 Å². The van der Waals surface area contributed by atoms with Crippen molar-refractivity contribution in [1.29, 1.82) is 0 Å². The lowest BCUT2D eigenvalue weighted by Gasteiger charge is -2.20. The Bertz CT molecular complexity index is 558. The van der Waals surface area contributed by atoms with Crippen LogP contribution in [0.2, 0.25) is 0 Å². The molecule has 3 heteroatoms. The Kier molecular flexibility index (Phi) is 4.07. The number of aliphatic hydroxyl groups excluding tert-OH is 1. The molecule has 1 unspecified atom stereocenters. The lowest BCUT2D eigenvalue weighted by molar-refractivity contribution is 0.214. The first-order chi connectivity index (χ1) is 8.89. The summed E-state index contributed by atoms with van der Waals surface area (Å²) in [5.74, 6) is 0. The molecule has 0 fully saturated rings. The highest BCUT2D eigenvalue weighted by atomic mass is 79.9. The average Bonchev–Trinajstić information content (AvgIpc) is 2.38. The molecular formula is C16H18BrNO. The Balaban J connectivity index is 2.31. The molecule has 0 radical (unpaired) electrons. The van der Waals surface area contributed by atoms with Crippen molar-refractivity contribution in [3.63, 3.8) is 0 Å². The molecule has 0 aliphatic carbocycles. The summed E-state index contributed by atoms with van der Waals surface area (Å²) in [5.41, 5.74) is 2.87. The molecule has 2 nitrogen and oxygen atoms in total. The van der Waals surface area contributed by atoms with E-state index in [9.17, 15) is 5.11 Å². The minimum atomic E-state index is -0.704. The molecule has 1 heterocycles. The van der Waals surface area contributed by atoms with Crippen LogP contribution in [0.25, 0.3) is 0 Å². The van der Waals surface area contributed by atoms with Crippen LogP contribution in [0.5, 0.6) is 0 Å². The van der Waals surface area contributed by atoms with E-state index >= 15 is 0 Å². The van der Waals surface area contributed by atoms with Crippen LogP contribution < -0.4 is 0 Å². The van der Waals surface area contributed by atoms with Crippen LogP contribution in [-0.4, -0.2) is 10.1 Å². The molecule has 0 aliphatic heterocycles. The van der Waals surface area contributed by atoms with Crippen LogP contribution in [0.1, 0.15) is 43.7 Å². The highest BCUT2D eigenvalue weighted by Crippen LogP contribution is 2.28. The fraction of sp³-hybridized carbons (Fsp3) is 0.312. The molecular weight excluding hydrogens is 302 g/mol. The maximum atomic E-state index is 10.4. The van der Waals surface area contributed by atoms with Gasteiger partial charge in [0.25, 0.3) is 0 Å². The van der Waals surface area contributed by atoms with Gasteiger partial charge in [0.1, 0.15) is 6.10 Å². The van der Waals surface area contributed by atoms with E-state index in [1.807, 2.05) is 24.3 Å². The largest absolute Gasteiger partial charge is 0.382 e. The summed E-state index contributed by atoms with van der Waals surface area (Å²) < 4.78 is 0.822. The second-order valence-corrected chi connectivity index (χ2v) is 6.50. The van der Waals surface area contributed by atoms with Crippen molar-refractivity contribution in [3.05, 3.63) is 63.9 Å².